The normalized spacial score (nSPS) is 28.5. The van der Waals surface area contributed by atoms with E-state index in [-0.39, 0.29) is 0 Å². The third-order valence-electron chi connectivity index (χ3n) is 9.05. The van der Waals surface area contributed by atoms with E-state index < -0.39 is 0 Å². The lowest BCUT2D eigenvalue weighted by Crippen LogP contribution is -2.53. The molecule has 2 saturated heterocycles. The predicted molar refractivity (Wildman–Crippen MR) is 134 cm³/mol. The number of likely N-dealkylation sites (tertiary alicyclic amines) is 1. The van der Waals surface area contributed by atoms with Gasteiger partial charge in [0.15, 0.2) is 11.5 Å². The molecule has 4 heterocycles. The van der Waals surface area contributed by atoms with Crippen LogP contribution in [-0.2, 0) is 13.0 Å². The van der Waals surface area contributed by atoms with Gasteiger partial charge in [-0.3, -0.25) is 4.90 Å². The van der Waals surface area contributed by atoms with Gasteiger partial charge in [0.2, 0.25) is 0 Å². The summed E-state index contributed by atoms with van der Waals surface area (Å²) >= 11 is 0. The molecule has 0 amide bonds. The molecule has 0 bridgehead atoms. The highest BCUT2D eigenvalue weighted by Gasteiger charge is 2.43. The molecule has 1 saturated carbocycles. The number of hydrogen-bond acceptors (Lipinski definition) is 5. The fourth-order valence-corrected chi connectivity index (χ4v) is 7.00. The standard InChI is InChI=1S/C28H40N4O2/c1-33-26-7-5-21(16-27(26)34-2)24-18-31-17-22(6-8-28(31)30-24)20-11-14-32(23-9-12-29-13-10-23)25(15-20)19-3-4-19/h5,7,16,18-20,22-23,25,29H,3-4,6,8-15,17H2,1-2H3/t20?,22?,25-/m1/s1. The van der Waals surface area contributed by atoms with Crippen LogP contribution in [0.5, 0.6) is 11.5 Å². The van der Waals surface area contributed by atoms with E-state index in [1.54, 1.807) is 14.2 Å². The van der Waals surface area contributed by atoms with Gasteiger partial charge >= 0.3 is 0 Å². The Morgan fingerprint density at radius 3 is 2.50 bits per heavy atom. The van der Waals surface area contributed by atoms with Gasteiger partial charge in [-0.15, -0.1) is 0 Å². The maximum Gasteiger partial charge on any atom is 0.161 e. The summed E-state index contributed by atoms with van der Waals surface area (Å²) in [6.45, 7) is 4.86. The number of piperidine rings is 2. The quantitative estimate of drug-likeness (QED) is 0.688. The van der Waals surface area contributed by atoms with Gasteiger partial charge < -0.3 is 19.4 Å². The van der Waals surface area contributed by atoms with E-state index in [1.165, 1.54) is 70.4 Å². The lowest BCUT2D eigenvalue weighted by molar-refractivity contribution is 0.0208. The molecule has 3 atom stereocenters. The molecule has 0 spiro atoms. The first kappa shape index (κ1) is 22.4. The molecule has 184 valence electrons. The monoisotopic (exact) mass is 464 g/mol. The van der Waals surface area contributed by atoms with Crippen LogP contribution in [0.3, 0.4) is 0 Å². The minimum Gasteiger partial charge on any atom is -0.493 e. The zero-order valence-electron chi connectivity index (χ0n) is 20.8. The SMILES string of the molecule is COc1ccc(-c2cn3c(n2)CCC(C2CCN(C4CCNCC4)[C@@H](C4CC4)C2)C3)cc1OC. The van der Waals surface area contributed by atoms with Crippen LogP contribution in [0.1, 0.15) is 50.8 Å². The van der Waals surface area contributed by atoms with Crippen molar-refractivity contribution in [1.29, 1.82) is 0 Å². The number of ether oxygens (including phenoxy) is 2. The molecular formula is C28H40N4O2. The smallest absolute Gasteiger partial charge is 0.161 e. The van der Waals surface area contributed by atoms with Crippen molar-refractivity contribution in [1.82, 2.24) is 19.8 Å². The molecule has 6 heteroatoms. The molecule has 2 unspecified atom stereocenters. The summed E-state index contributed by atoms with van der Waals surface area (Å²) < 4.78 is 13.4. The van der Waals surface area contributed by atoms with Crippen LogP contribution in [0.2, 0.25) is 0 Å². The number of nitrogens with one attached hydrogen (secondary N) is 1. The van der Waals surface area contributed by atoms with Gasteiger partial charge in [-0.25, -0.2) is 4.98 Å². The highest BCUT2D eigenvalue weighted by atomic mass is 16.5. The van der Waals surface area contributed by atoms with Crippen LogP contribution in [0.15, 0.2) is 24.4 Å². The second-order valence-corrected chi connectivity index (χ2v) is 11.0. The first-order valence-electron chi connectivity index (χ1n) is 13.5. The molecule has 1 N–H and O–H groups in total. The maximum atomic E-state index is 5.52. The number of fused-ring (bicyclic) bond motifs is 1. The lowest BCUT2D eigenvalue weighted by Gasteiger charge is -2.47. The van der Waals surface area contributed by atoms with Crippen molar-refractivity contribution in [2.75, 3.05) is 33.9 Å². The Kier molecular flexibility index (Phi) is 6.29. The molecule has 1 aromatic heterocycles. The van der Waals surface area contributed by atoms with Crippen LogP contribution < -0.4 is 14.8 Å². The van der Waals surface area contributed by atoms with E-state index in [0.717, 1.165) is 65.6 Å². The van der Waals surface area contributed by atoms with Crippen molar-refractivity contribution in [3.05, 3.63) is 30.2 Å². The van der Waals surface area contributed by atoms with E-state index in [4.69, 9.17) is 14.5 Å². The largest absolute Gasteiger partial charge is 0.493 e. The van der Waals surface area contributed by atoms with Crippen LogP contribution in [0, 0.1) is 17.8 Å². The van der Waals surface area contributed by atoms with Crippen molar-refractivity contribution in [3.8, 4) is 22.8 Å². The summed E-state index contributed by atoms with van der Waals surface area (Å²) in [5.41, 5.74) is 2.15. The van der Waals surface area contributed by atoms with Crippen molar-refractivity contribution >= 4 is 0 Å². The predicted octanol–water partition coefficient (Wildman–Crippen LogP) is 4.37. The Labute approximate surface area is 204 Å². The highest BCUT2D eigenvalue weighted by Crippen LogP contribution is 2.45. The summed E-state index contributed by atoms with van der Waals surface area (Å²) in [5, 5.41) is 3.56. The Hall–Kier alpha value is -2.05. The number of hydrogen-bond donors (Lipinski definition) is 1. The number of methoxy groups -OCH3 is 2. The summed E-state index contributed by atoms with van der Waals surface area (Å²) in [6, 6.07) is 7.77. The third-order valence-corrected chi connectivity index (χ3v) is 9.05. The molecule has 6 nitrogen and oxygen atoms in total. The number of benzene rings is 1. The Morgan fingerprint density at radius 2 is 1.74 bits per heavy atom. The van der Waals surface area contributed by atoms with Crippen molar-refractivity contribution in [2.45, 2.75) is 70.0 Å². The number of nitrogens with zero attached hydrogens (tertiary/aromatic N) is 3. The average Bonchev–Trinajstić information content (AvgIpc) is 3.66. The van der Waals surface area contributed by atoms with E-state index in [0.29, 0.717) is 0 Å². The minimum atomic E-state index is 0.760. The number of rotatable bonds is 6. The number of aryl methyl sites for hydroxylation is 1. The van der Waals surface area contributed by atoms with E-state index in [2.05, 4.69) is 27.0 Å². The van der Waals surface area contributed by atoms with Gasteiger partial charge in [0.1, 0.15) is 5.82 Å². The molecular weight excluding hydrogens is 424 g/mol. The van der Waals surface area contributed by atoms with Gasteiger partial charge in [0.25, 0.3) is 0 Å². The summed E-state index contributed by atoms with van der Waals surface area (Å²) in [6.07, 6.45) is 13.1. The Bertz CT molecular complexity index is 994. The second-order valence-electron chi connectivity index (χ2n) is 11.0. The molecule has 1 aromatic carbocycles. The second kappa shape index (κ2) is 9.54. The fraction of sp³-hybridized carbons (Fsp3) is 0.679. The van der Waals surface area contributed by atoms with Crippen LogP contribution >= 0.6 is 0 Å². The van der Waals surface area contributed by atoms with Crippen molar-refractivity contribution < 1.29 is 9.47 Å². The molecule has 1 aliphatic carbocycles. The van der Waals surface area contributed by atoms with Gasteiger partial charge in [-0.05, 0) is 101 Å². The van der Waals surface area contributed by atoms with Crippen LogP contribution in [0.25, 0.3) is 11.3 Å². The molecule has 4 aliphatic rings. The first-order chi connectivity index (χ1) is 16.7. The summed E-state index contributed by atoms with van der Waals surface area (Å²) in [5.74, 6) is 5.39. The van der Waals surface area contributed by atoms with Gasteiger partial charge in [-0.2, -0.15) is 0 Å². The van der Waals surface area contributed by atoms with Crippen LogP contribution in [0.4, 0.5) is 0 Å². The highest BCUT2D eigenvalue weighted by molar-refractivity contribution is 5.63. The van der Waals surface area contributed by atoms with Crippen molar-refractivity contribution in [3.63, 3.8) is 0 Å². The lowest BCUT2D eigenvalue weighted by atomic mass is 9.76. The van der Waals surface area contributed by atoms with Gasteiger partial charge in [-0.1, -0.05) is 0 Å². The molecule has 3 aliphatic heterocycles. The zero-order valence-corrected chi connectivity index (χ0v) is 20.8. The molecule has 3 fully saturated rings. The topological polar surface area (TPSA) is 51.5 Å². The molecule has 0 radical (unpaired) electrons. The summed E-state index contributed by atoms with van der Waals surface area (Å²) in [7, 11) is 3.37. The van der Waals surface area contributed by atoms with Crippen molar-refractivity contribution in [2.24, 2.45) is 17.8 Å². The molecule has 6 rings (SSSR count). The Balaban J connectivity index is 1.15. The van der Waals surface area contributed by atoms with E-state index >= 15 is 0 Å². The van der Waals surface area contributed by atoms with Gasteiger partial charge in [0, 0.05) is 36.8 Å². The van der Waals surface area contributed by atoms with Crippen LogP contribution in [-0.4, -0.2) is 60.4 Å². The summed E-state index contributed by atoms with van der Waals surface area (Å²) in [4.78, 5) is 7.96. The van der Waals surface area contributed by atoms with E-state index in [9.17, 15) is 0 Å². The average molecular weight is 465 g/mol. The zero-order chi connectivity index (χ0) is 23.1. The Morgan fingerprint density at radius 1 is 0.912 bits per heavy atom. The minimum absolute atomic E-state index is 0.760. The maximum absolute atomic E-state index is 5.52. The molecule has 34 heavy (non-hydrogen) atoms. The number of aromatic nitrogens is 2. The molecule has 2 aromatic rings. The fourth-order valence-electron chi connectivity index (χ4n) is 7.00. The number of imidazole rings is 1. The third kappa shape index (κ3) is 4.35. The van der Waals surface area contributed by atoms with E-state index in [1.807, 2.05) is 12.1 Å². The van der Waals surface area contributed by atoms with Gasteiger partial charge in [0.05, 0.1) is 19.9 Å². The first-order valence-corrected chi connectivity index (χ1v) is 13.5.